The van der Waals surface area contributed by atoms with Gasteiger partial charge in [-0.25, -0.2) is 0 Å². The van der Waals surface area contributed by atoms with Crippen LogP contribution in [0.15, 0.2) is 27.8 Å². The van der Waals surface area contributed by atoms with Gasteiger partial charge in [-0.3, -0.25) is 19.5 Å². The zero-order valence-electron chi connectivity index (χ0n) is 10.5. The predicted octanol–water partition coefficient (Wildman–Crippen LogP) is -0.976. The number of nitrogens with zero attached hydrogens (tertiary/aromatic N) is 2. The van der Waals surface area contributed by atoms with Gasteiger partial charge in [-0.2, -0.15) is 0 Å². The number of carbonyl (C=O) groups excluding carboxylic acids is 1. The van der Waals surface area contributed by atoms with E-state index in [4.69, 9.17) is 10.5 Å². The van der Waals surface area contributed by atoms with E-state index in [1.54, 1.807) is 0 Å². The Morgan fingerprint density at radius 1 is 1.33 bits per heavy atom. The molecular weight excluding hydrogens is 278 g/mol. The molecule has 1 amide bonds. The lowest BCUT2D eigenvalue weighted by Crippen LogP contribution is -2.20. The second-order valence-electron chi connectivity index (χ2n) is 4.28. The van der Waals surface area contributed by atoms with E-state index in [0.29, 0.717) is 5.75 Å². The SMILES string of the molecule is NC(=O)COc1ccc2c(=O)c3[nH]nnc3c(=O)[nH]c2c1. The van der Waals surface area contributed by atoms with Gasteiger partial charge in [0.15, 0.2) is 12.1 Å². The Morgan fingerprint density at radius 2 is 2.14 bits per heavy atom. The highest BCUT2D eigenvalue weighted by Crippen LogP contribution is 2.16. The summed E-state index contributed by atoms with van der Waals surface area (Å²) in [7, 11) is 0. The first-order chi connectivity index (χ1) is 10.1. The molecule has 0 atom stereocenters. The van der Waals surface area contributed by atoms with Crippen molar-refractivity contribution in [2.24, 2.45) is 5.73 Å². The molecule has 4 N–H and O–H groups in total. The molecule has 0 radical (unpaired) electrons. The summed E-state index contributed by atoms with van der Waals surface area (Å²) < 4.78 is 5.13. The normalized spacial score (nSPS) is 10.9. The number of fused-ring (bicyclic) bond motifs is 2. The summed E-state index contributed by atoms with van der Waals surface area (Å²) in [5, 5.41) is 9.71. The molecule has 21 heavy (non-hydrogen) atoms. The highest BCUT2D eigenvalue weighted by atomic mass is 16.5. The molecule has 0 spiro atoms. The minimum absolute atomic E-state index is 0.0251. The number of hydrogen-bond acceptors (Lipinski definition) is 6. The number of nitrogens with one attached hydrogen (secondary N) is 2. The van der Waals surface area contributed by atoms with E-state index in [0.717, 1.165) is 0 Å². The van der Waals surface area contributed by atoms with E-state index in [1.165, 1.54) is 18.2 Å². The molecule has 0 aliphatic heterocycles. The molecule has 0 bridgehead atoms. The minimum atomic E-state index is -0.629. The van der Waals surface area contributed by atoms with Crippen LogP contribution >= 0.6 is 0 Å². The quantitative estimate of drug-likeness (QED) is 0.565. The molecule has 1 aromatic carbocycles. The molecule has 0 unspecified atom stereocenters. The molecule has 2 aromatic heterocycles. The lowest BCUT2D eigenvalue weighted by molar-refractivity contribution is -0.119. The first kappa shape index (κ1) is 12.8. The smallest absolute Gasteiger partial charge is 0.278 e. The number of ether oxygens (including phenoxy) is 1. The first-order valence-electron chi connectivity index (χ1n) is 5.88. The van der Waals surface area contributed by atoms with Gasteiger partial charge in [-0.15, -0.1) is 5.10 Å². The van der Waals surface area contributed by atoms with Gasteiger partial charge in [0.25, 0.3) is 11.5 Å². The van der Waals surface area contributed by atoms with E-state index in [1.807, 2.05) is 0 Å². The number of primary amides is 1. The molecule has 9 heteroatoms. The zero-order valence-corrected chi connectivity index (χ0v) is 10.5. The summed E-state index contributed by atoms with van der Waals surface area (Å²) in [5.41, 5.74) is 4.23. The molecular formula is C12H9N5O4. The fourth-order valence-electron chi connectivity index (χ4n) is 1.93. The lowest BCUT2D eigenvalue weighted by atomic mass is 10.2. The van der Waals surface area contributed by atoms with Crippen molar-refractivity contribution in [1.29, 1.82) is 0 Å². The van der Waals surface area contributed by atoms with Gasteiger partial charge >= 0.3 is 0 Å². The number of carbonyl (C=O) groups is 1. The van der Waals surface area contributed by atoms with E-state index >= 15 is 0 Å². The fourth-order valence-corrected chi connectivity index (χ4v) is 1.93. The zero-order chi connectivity index (χ0) is 15.0. The summed E-state index contributed by atoms with van der Waals surface area (Å²) in [5.74, 6) is -0.326. The number of rotatable bonds is 3. The molecule has 3 rings (SSSR count). The second-order valence-corrected chi connectivity index (χ2v) is 4.28. The van der Waals surface area contributed by atoms with Crippen LogP contribution in [-0.2, 0) is 4.79 Å². The van der Waals surface area contributed by atoms with Crippen LogP contribution in [0.4, 0.5) is 0 Å². The van der Waals surface area contributed by atoms with Crippen molar-refractivity contribution in [3.8, 4) is 5.75 Å². The molecule has 0 aliphatic rings. The Morgan fingerprint density at radius 3 is 2.90 bits per heavy atom. The summed E-state index contributed by atoms with van der Waals surface area (Å²) >= 11 is 0. The van der Waals surface area contributed by atoms with Gasteiger partial charge in [0, 0.05) is 11.5 Å². The number of H-pyrrole nitrogens is 2. The number of amides is 1. The van der Waals surface area contributed by atoms with Crippen molar-refractivity contribution in [3.05, 3.63) is 38.8 Å². The van der Waals surface area contributed by atoms with Crippen LogP contribution in [-0.4, -0.2) is 32.9 Å². The van der Waals surface area contributed by atoms with Crippen molar-refractivity contribution in [2.45, 2.75) is 0 Å². The van der Waals surface area contributed by atoms with Gasteiger partial charge in [0.2, 0.25) is 5.43 Å². The molecule has 106 valence electrons. The number of hydrogen-bond donors (Lipinski definition) is 3. The van der Waals surface area contributed by atoms with Gasteiger partial charge < -0.3 is 15.5 Å². The largest absolute Gasteiger partial charge is 0.484 e. The van der Waals surface area contributed by atoms with Crippen LogP contribution in [0.25, 0.3) is 21.9 Å². The maximum atomic E-state index is 12.3. The Hall–Kier alpha value is -3.23. The van der Waals surface area contributed by atoms with Crippen molar-refractivity contribution in [2.75, 3.05) is 6.61 Å². The predicted molar refractivity (Wildman–Crippen MR) is 73.0 cm³/mol. The van der Waals surface area contributed by atoms with Crippen LogP contribution < -0.4 is 21.5 Å². The van der Waals surface area contributed by atoms with Gasteiger partial charge in [-0.05, 0) is 12.1 Å². The van der Waals surface area contributed by atoms with Crippen LogP contribution in [0.5, 0.6) is 5.75 Å². The molecule has 2 heterocycles. The summed E-state index contributed by atoms with van der Waals surface area (Å²) in [6, 6.07) is 4.41. The average molecular weight is 287 g/mol. The maximum Gasteiger partial charge on any atom is 0.278 e. The van der Waals surface area contributed by atoms with Crippen LogP contribution in [0.3, 0.4) is 0 Å². The van der Waals surface area contributed by atoms with Crippen molar-refractivity contribution in [1.82, 2.24) is 20.4 Å². The highest BCUT2D eigenvalue weighted by Gasteiger charge is 2.10. The van der Waals surface area contributed by atoms with Crippen molar-refractivity contribution >= 4 is 27.8 Å². The summed E-state index contributed by atoms with van der Waals surface area (Å²) in [4.78, 5) is 37.5. The molecule has 0 fully saturated rings. The Kier molecular flexibility index (Phi) is 2.87. The maximum absolute atomic E-state index is 12.3. The molecule has 0 saturated carbocycles. The number of aromatic nitrogens is 4. The van der Waals surface area contributed by atoms with E-state index in [-0.39, 0.29) is 28.5 Å². The summed E-state index contributed by atoms with van der Waals surface area (Å²) in [6.45, 7) is -0.300. The lowest BCUT2D eigenvalue weighted by Gasteiger charge is -2.03. The Balaban J connectivity index is 2.27. The van der Waals surface area contributed by atoms with Gasteiger partial charge in [-0.1, -0.05) is 5.21 Å². The third kappa shape index (κ3) is 2.20. The standard InChI is InChI=1S/C12H9N5O4/c13-8(18)4-21-5-1-2-6-7(3-5)14-12(20)10-9(11(6)19)15-17-16-10/h1-3H,4H2,(H2,13,18)(H,14,20)(H,15,16,17). The number of aromatic amines is 2. The Bertz CT molecular complexity index is 975. The second kappa shape index (κ2) is 4.71. The van der Waals surface area contributed by atoms with E-state index in [2.05, 4.69) is 20.4 Å². The van der Waals surface area contributed by atoms with Crippen molar-refractivity contribution in [3.63, 3.8) is 0 Å². The third-order valence-electron chi connectivity index (χ3n) is 2.86. The van der Waals surface area contributed by atoms with Gasteiger partial charge in [0.1, 0.15) is 11.3 Å². The molecule has 3 aromatic rings. The van der Waals surface area contributed by atoms with Crippen LogP contribution in [0.1, 0.15) is 0 Å². The fraction of sp³-hybridized carbons (Fsp3) is 0.0833. The molecule has 0 aliphatic carbocycles. The van der Waals surface area contributed by atoms with Crippen molar-refractivity contribution < 1.29 is 9.53 Å². The van der Waals surface area contributed by atoms with E-state index in [9.17, 15) is 14.4 Å². The number of benzene rings is 1. The van der Waals surface area contributed by atoms with Gasteiger partial charge in [0.05, 0.1) is 5.52 Å². The van der Waals surface area contributed by atoms with Crippen LogP contribution in [0.2, 0.25) is 0 Å². The average Bonchev–Trinajstić information content (AvgIpc) is 2.90. The summed E-state index contributed by atoms with van der Waals surface area (Å²) in [6.07, 6.45) is 0. The van der Waals surface area contributed by atoms with E-state index < -0.39 is 16.9 Å². The van der Waals surface area contributed by atoms with Crippen LogP contribution in [0, 0.1) is 0 Å². The monoisotopic (exact) mass is 287 g/mol. The first-order valence-corrected chi connectivity index (χ1v) is 5.88. The highest BCUT2D eigenvalue weighted by molar-refractivity contribution is 5.87. The third-order valence-corrected chi connectivity index (χ3v) is 2.86. The Labute approximate surface area is 115 Å². The minimum Gasteiger partial charge on any atom is -0.484 e. The molecule has 0 saturated heterocycles. The number of nitrogens with two attached hydrogens (primary N) is 1. The molecule has 9 nitrogen and oxygen atoms in total. The topological polar surface area (TPSA) is 144 Å².